The molecule has 0 spiro atoms. The number of carbonyl (C=O) groups is 1. The number of aromatic nitrogens is 4. The van der Waals surface area contributed by atoms with E-state index in [1.54, 1.807) is 17.7 Å². The molecule has 3 heterocycles. The zero-order valence-electron chi connectivity index (χ0n) is 18.2. The predicted molar refractivity (Wildman–Crippen MR) is 120 cm³/mol. The number of carbonyl (C=O) groups excluding carboxylic acids is 1. The van der Waals surface area contributed by atoms with Crippen LogP contribution in [-0.2, 0) is 11.3 Å². The molecule has 8 heteroatoms. The molecule has 1 aliphatic heterocycles. The minimum Gasteiger partial charge on any atom is -0.497 e. The van der Waals surface area contributed by atoms with Gasteiger partial charge in [-0.2, -0.15) is 4.52 Å². The molecule has 1 aliphatic rings. The van der Waals surface area contributed by atoms with Crippen molar-refractivity contribution < 1.29 is 14.3 Å². The van der Waals surface area contributed by atoms with Gasteiger partial charge < -0.3 is 14.4 Å². The van der Waals surface area contributed by atoms with Crippen LogP contribution in [0.5, 0.6) is 5.75 Å². The highest BCUT2D eigenvalue weighted by Crippen LogP contribution is 2.24. The molecule has 5 rings (SSSR count). The third kappa shape index (κ3) is 3.89. The summed E-state index contributed by atoms with van der Waals surface area (Å²) in [6, 6.07) is 15.5. The van der Waals surface area contributed by atoms with Crippen molar-refractivity contribution in [3.05, 3.63) is 65.2 Å². The van der Waals surface area contributed by atoms with Crippen LogP contribution in [0.25, 0.3) is 16.6 Å². The molecule has 1 unspecified atom stereocenters. The zero-order valence-corrected chi connectivity index (χ0v) is 18.2. The molecule has 0 N–H and O–H groups in total. The fraction of sp³-hybridized carbons (Fsp3) is 0.333. The summed E-state index contributed by atoms with van der Waals surface area (Å²) in [7, 11) is 1.60. The summed E-state index contributed by atoms with van der Waals surface area (Å²) in [6.45, 7) is 3.67. The second-order valence-corrected chi connectivity index (χ2v) is 8.20. The molecule has 0 bridgehead atoms. The number of methoxy groups -OCH3 is 1. The average Bonchev–Trinajstić information content (AvgIpc) is 3.51. The molecule has 2 aromatic carbocycles. The smallest absolute Gasteiger partial charge is 0.254 e. The Labute approximate surface area is 185 Å². The van der Waals surface area contributed by atoms with Gasteiger partial charge in [0.05, 0.1) is 18.7 Å². The molecule has 1 atom stereocenters. The molecular formula is C24H25N5O3. The monoisotopic (exact) mass is 431 g/mol. The number of fused-ring (bicyclic) bond motifs is 3. The van der Waals surface area contributed by atoms with E-state index in [1.807, 2.05) is 30.0 Å². The van der Waals surface area contributed by atoms with E-state index in [9.17, 15) is 4.79 Å². The van der Waals surface area contributed by atoms with Crippen molar-refractivity contribution in [3.63, 3.8) is 0 Å². The Balaban J connectivity index is 1.54. The predicted octanol–water partition coefficient (Wildman–Crippen LogP) is 3.42. The third-order valence-corrected chi connectivity index (χ3v) is 5.91. The number of tetrazole rings is 1. The summed E-state index contributed by atoms with van der Waals surface area (Å²) in [5.41, 5.74) is 4.20. The molecule has 1 fully saturated rings. The van der Waals surface area contributed by atoms with Gasteiger partial charge in [0.25, 0.3) is 5.91 Å². The minimum atomic E-state index is -0.0750. The summed E-state index contributed by atoms with van der Waals surface area (Å²) in [5.74, 6) is 0.576. The molecule has 4 aromatic rings. The summed E-state index contributed by atoms with van der Waals surface area (Å²) in [6.07, 6.45) is 1.99. The second-order valence-electron chi connectivity index (χ2n) is 8.20. The molecular weight excluding hydrogens is 406 g/mol. The lowest BCUT2D eigenvalue weighted by Crippen LogP contribution is -2.37. The maximum Gasteiger partial charge on any atom is 0.254 e. The standard InChI is InChI=1S/C24H25N5O3/c1-16-8-9-17-12-19(23-25-26-27-29(23)22(17)11-16)14-28(15-21-7-4-10-32-21)24(30)18-5-3-6-20(13-18)31-2/h3,5-6,8-9,11-13,21H,4,7,10,14-15H2,1-2H3. The van der Waals surface area contributed by atoms with E-state index in [4.69, 9.17) is 9.47 Å². The third-order valence-electron chi connectivity index (χ3n) is 5.91. The van der Waals surface area contributed by atoms with Crippen LogP contribution in [0.15, 0.2) is 48.5 Å². The van der Waals surface area contributed by atoms with E-state index in [2.05, 4.69) is 39.8 Å². The van der Waals surface area contributed by atoms with Gasteiger partial charge in [-0.05, 0) is 66.1 Å². The van der Waals surface area contributed by atoms with Gasteiger partial charge in [-0.1, -0.05) is 18.2 Å². The Bertz CT molecular complexity index is 1280. The zero-order chi connectivity index (χ0) is 22.1. The lowest BCUT2D eigenvalue weighted by atomic mass is 10.1. The van der Waals surface area contributed by atoms with Crippen molar-refractivity contribution in [3.8, 4) is 5.75 Å². The number of aryl methyl sites for hydroxylation is 1. The lowest BCUT2D eigenvalue weighted by Gasteiger charge is -2.26. The van der Waals surface area contributed by atoms with E-state index < -0.39 is 0 Å². The van der Waals surface area contributed by atoms with Gasteiger partial charge in [-0.3, -0.25) is 4.79 Å². The van der Waals surface area contributed by atoms with Crippen LogP contribution in [0, 0.1) is 6.92 Å². The normalized spacial score (nSPS) is 16.0. The van der Waals surface area contributed by atoms with Gasteiger partial charge >= 0.3 is 0 Å². The van der Waals surface area contributed by atoms with Crippen LogP contribution in [-0.4, -0.2) is 57.2 Å². The topological polar surface area (TPSA) is 81.9 Å². The summed E-state index contributed by atoms with van der Waals surface area (Å²) < 4.78 is 12.9. The average molecular weight is 431 g/mol. The van der Waals surface area contributed by atoms with Crippen LogP contribution in [0.4, 0.5) is 0 Å². The van der Waals surface area contributed by atoms with E-state index in [-0.39, 0.29) is 12.0 Å². The van der Waals surface area contributed by atoms with Crippen molar-refractivity contribution >= 4 is 22.5 Å². The minimum absolute atomic E-state index is 0.0275. The number of benzene rings is 2. The highest BCUT2D eigenvalue weighted by Gasteiger charge is 2.25. The first-order chi connectivity index (χ1) is 15.6. The van der Waals surface area contributed by atoms with Crippen molar-refractivity contribution in [2.24, 2.45) is 0 Å². The SMILES string of the molecule is COc1cccc(C(=O)N(Cc2cc3ccc(C)cc3n3nnnc23)CC2CCCO2)c1. The van der Waals surface area contributed by atoms with Crippen LogP contribution in [0.1, 0.15) is 34.3 Å². The highest BCUT2D eigenvalue weighted by molar-refractivity contribution is 5.95. The Morgan fingerprint density at radius 2 is 2.16 bits per heavy atom. The van der Waals surface area contributed by atoms with Gasteiger partial charge in [-0.15, -0.1) is 5.10 Å². The van der Waals surface area contributed by atoms with Gasteiger partial charge in [0.1, 0.15) is 5.75 Å². The van der Waals surface area contributed by atoms with Gasteiger partial charge in [-0.25, -0.2) is 0 Å². The number of pyridine rings is 1. The number of hydrogen-bond acceptors (Lipinski definition) is 6. The van der Waals surface area contributed by atoms with E-state index in [0.29, 0.717) is 30.0 Å². The Morgan fingerprint density at radius 1 is 1.25 bits per heavy atom. The van der Waals surface area contributed by atoms with Gasteiger partial charge in [0, 0.05) is 36.2 Å². The van der Waals surface area contributed by atoms with Crippen molar-refractivity contribution in [2.45, 2.75) is 32.4 Å². The molecule has 0 radical (unpaired) electrons. The number of ether oxygens (including phenoxy) is 2. The maximum atomic E-state index is 13.5. The molecule has 0 aliphatic carbocycles. The Kier molecular flexibility index (Phi) is 5.45. The highest BCUT2D eigenvalue weighted by atomic mass is 16.5. The number of hydrogen-bond donors (Lipinski definition) is 0. The first-order valence-corrected chi connectivity index (χ1v) is 10.8. The van der Waals surface area contributed by atoms with Crippen LogP contribution < -0.4 is 4.74 Å². The van der Waals surface area contributed by atoms with Gasteiger partial charge in [0.2, 0.25) is 0 Å². The van der Waals surface area contributed by atoms with Crippen molar-refractivity contribution in [1.29, 1.82) is 0 Å². The van der Waals surface area contributed by atoms with E-state index in [0.717, 1.165) is 41.5 Å². The molecule has 1 amide bonds. The summed E-state index contributed by atoms with van der Waals surface area (Å²) in [5, 5.41) is 13.4. The molecule has 1 saturated heterocycles. The van der Waals surface area contributed by atoms with Crippen LogP contribution in [0.3, 0.4) is 0 Å². The van der Waals surface area contributed by atoms with Gasteiger partial charge in [0.15, 0.2) is 5.65 Å². The molecule has 0 saturated carbocycles. The molecule has 164 valence electrons. The second kappa shape index (κ2) is 8.55. The Hall–Kier alpha value is -3.52. The lowest BCUT2D eigenvalue weighted by molar-refractivity contribution is 0.0508. The maximum absolute atomic E-state index is 13.5. The van der Waals surface area contributed by atoms with Crippen LogP contribution in [0.2, 0.25) is 0 Å². The van der Waals surface area contributed by atoms with Crippen molar-refractivity contribution in [1.82, 2.24) is 24.9 Å². The fourth-order valence-electron chi connectivity index (χ4n) is 4.28. The number of amides is 1. The van der Waals surface area contributed by atoms with Crippen LogP contribution >= 0.6 is 0 Å². The molecule has 2 aromatic heterocycles. The quantitative estimate of drug-likeness (QED) is 0.465. The number of nitrogens with zero attached hydrogens (tertiary/aromatic N) is 5. The van der Waals surface area contributed by atoms with Crippen molar-refractivity contribution in [2.75, 3.05) is 20.3 Å². The summed E-state index contributed by atoms with van der Waals surface area (Å²) >= 11 is 0. The first-order valence-electron chi connectivity index (χ1n) is 10.8. The van der Waals surface area contributed by atoms with E-state index >= 15 is 0 Å². The molecule has 8 nitrogen and oxygen atoms in total. The first kappa shape index (κ1) is 20.4. The molecule has 32 heavy (non-hydrogen) atoms. The largest absolute Gasteiger partial charge is 0.497 e. The van der Waals surface area contributed by atoms with E-state index in [1.165, 1.54) is 0 Å². The Morgan fingerprint density at radius 3 is 2.97 bits per heavy atom. The summed E-state index contributed by atoms with van der Waals surface area (Å²) in [4.78, 5) is 15.4. The number of rotatable bonds is 6. The fourth-order valence-corrected chi connectivity index (χ4v) is 4.28.